The number of benzene rings is 2. The molecule has 0 aliphatic rings. The maximum absolute atomic E-state index is 12.5. The minimum Gasteiger partial charge on any atom is -0.325 e. The summed E-state index contributed by atoms with van der Waals surface area (Å²) in [6, 6.07) is 14.6. The first-order valence-electron chi connectivity index (χ1n) is 7.84. The maximum Gasteiger partial charge on any atom is 0.257 e. The molecular weight excluding hydrogens is 320 g/mol. The lowest BCUT2D eigenvalue weighted by Gasteiger charge is -2.12. The number of anilines is 2. The summed E-state index contributed by atoms with van der Waals surface area (Å²) < 4.78 is 0. The van der Waals surface area contributed by atoms with Crippen molar-refractivity contribution in [2.45, 2.75) is 26.0 Å². The predicted octanol–water partition coefficient (Wildman–Crippen LogP) is 4.33. The number of hydrogen-bond acceptors (Lipinski definition) is 3. The molecule has 0 saturated carbocycles. The number of carbonyl (C=O) groups is 2. The van der Waals surface area contributed by atoms with Gasteiger partial charge in [0.15, 0.2) is 0 Å². The molecule has 2 N–H and O–H groups in total. The number of amides is 2. The van der Waals surface area contributed by atoms with Crippen LogP contribution in [0.1, 0.15) is 29.8 Å². The topological polar surface area (TPSA) is 58.2 Å². The molecule has 0 saturated heterocycles. The van der Waals surface area contributed by atoms with Crippen LogP contribution in [0.4, 0.5) is 11.4 Å². The van der Waals surface area contributed by atoms with Crippen molar-refractivity contribution in [2.24, 2.45) is 0 Å². The molecule has 0 spiro atoms. The van der Waals surface area contributed by atoms with E-state index in [0.29, 0.717) is 22.3 Å². The molecule has 2 aromatic rings. The average molecular weight is 342 g/mol. The fourth-order valence-electron chi connectivity index (χ4n) is 2.14. The molecule has 2 rings (SSSR count). The van der Waals surface area contributed by atoms with Gasteiger partial charge in [-0.05, 0) is 42.0 Å². The average Bonchev–Trinajstić information content (AvgIpc) is 2.53. The first-order valence-corrected chi connectivity index (χ1v) is 8.89. The third kappa shape index (κ3) is 5.42. The van der Waals surface area contributed by atoms with E-state index in [0.717, 1.165) is 11.3 Å². The van der Waals surface area contributed by atoms with Crippen molar-refractivity contribution in [3.63, 3.8) is 0 Å². The van der Waals surface area contributed by atoms with Crippen molar-refractivity contribution in [3.05, 3.63) is 59.7 Å². The third-order valence-corrected chi connectivity index (χ3v) is 4.37. The second-order valence-corrected chi connectivity index (χ2v) is 7.34. The van der Waals surface area contributed by atoms with Crippen LogP contribution >= 0.6 is 11.8 Å². The maximum atomic E-state index is 12.5. The summed E-state index contributed by atoms with van der Waals surface area (Å²) in [5, 5.41) is 6.08. The number of rotatable bonds is 6. The number of hydrogen-bond donors (Lipinski definition) is 2. The fourth-order valence-corrected chi connectivity index (χ4v) is 2.70. The van der Waals surface area contributed by atoms with Gasteiger partial charge >= 0.3 is 0 Å². The van der Waals surface area contributed by atoms with Gasteiger partial charge in [0.2, 0.25) is 5.91 Å². The molecule has 0 aliphatic carbocycles. The van der Waals surface area contributed by atoms with Gasteiger partial charge in [-0.3, -0.25) is 9.59 Å². The fraction of sp³-hybridized carbons (Fsp3) is 0.263. The van der Waals surface area contributed by atoms with Crippen LogP contribution in [-0.2, 0) is 4.79 Å². The van der Waals surface area contributed by atoms with E-state index < -0.39 is 0 Å². The Morgan fingerprint density at radius 2 is 1.79 bits per heavy atom. The molecule has 0 radical (unpaired) electrons. The number of nitrogens with one attached hydrogen (secondary N) is 2. The van der Waals surface area contributed by atoms with Crippen molar-refractivity contribution in [1.29, 1.82) is 0 Å². The molecule has 5 heteroatoms. The number of para-hydroxylation sites is 1. The van der Waals surface area contributed by atoms with Crippen molar-refractivity contribution >= 4 is 35.0 Å². The van der Waals surface area contributed by atoms with Crippen molar-refractivity contribution in [2.75, 3.05) is 16.4 Å². The highest BCUT2D eigenvalue weighted by Gasteiger charge is 2.13. The Morgan fingerprint density at radius 1 is 1.04 bits per heavy atom. The third-order valence-electron chi connectivity index (χ3n) is 3.27. The molecule has 0 heterocycles. The Kier molecular flexibility index (Phi) is 6.44. The van der Waals surface area contributed by atoms with Crippen LogP contribution in [-0.4, -0.2) is 22.8 Å². The molecule has 0 bridgehead atoms. The van der Waals surface area contributed by atoms with Crippen LogP contribution in [0.2, 0.25) is 0 Å². The zero-order chi connectivity index (χ0) is 17.5. The molecule has 4 nitrogen and oxygen atoms in total. The quantitative estimate of drug-likeness (QED) is 0.821. The Hall–Kier alpha value is -2.27. The van der Waals surface area contributed by atoms with E-state index in [1.807, 2.05) is 45.0 Å². The van der Waals surface area contributed by atoms with E-state index in [2.05, 4.69) is 10.6 Å². The van der Waals surface area contributed by atoms with Gasteiger partial charge in [-0.25, -0.2) is 0 Å². The molecule has 2 amide bonds. The van der Waals surface area contributed by atoms with E-state index in [4.69, 9.17) is 0 Å². The van der Waals surface area contributed by atoms with Gasteiger partial charge in [-0.1, -0.05) is 38.1 Å². The molecule has 126 valence electrons. The largest absolute Gasteiger partial charge is 0.325 e. The van der Waals surface area contributed by atoms with E-state index in [1.54, 1.807) is 36.0 Å². The summed E-state index contributed by atoms with van der Waals surface area (Å²) in [5.41, 5.74) is 2.77. The van der Waals surface area contributed by atoms with Gasteiger partial charge in [-0.15, -0.1) is 11.8 Å². The minimum absolute atomic E-state index is 0.107. The highest BCUT2D eigenvalue weighted by Crippen LogP contribution is 2.19. The summed E-state index contributed by atoms with van der Waals surface area (Å²) in [7, 11) is 0. The second-order valence-electron chi connectivity index (χ2n) is 5.78. The Morgan fingerprint density at radius 3 is 2.50 bits per heavy atom. The number of thioether (sulfide) groups is 1. The first-order chi connectivity index (χ1) is 11.5. The monoisotopic (exact) mass is 342 g/mol. The molecule has 0 aromatic heterocycles. The van der Waals surface area contributed by atoms with Gasteiger partial charge in [0.1, 0.15) is 0 Å². The Labute approximate surface area is 147 Å². The predicted molar refractivity (Wildman–Crippen MR) is 102 cm³/mol. The van der Waals surface area contributed by atoms with Gasteiger partial charge in [0.25, 0.3) is 5.91 Å². The highest BCUT2D eigenvalue weighted by atomic mass is 32.2. The summed E-state index contributed by atoms with van der Waals surface area (Å²) in [6.07, 6.45) is 0. The van der Waals surface area contributed by atoms with Crippen LogP contribution in [0.15, 0.2) is 48.5 Å². The minimum atomic E-state index is -0.243. The first kappa shape index (κ1) is 18.1. The molecule has 0 atom stereocenters. The van der Waals surface area contributed by atoms with E-state index in [9.17, 15) is 9.59 Å². The molecule has 0 unspecified atom stereocenters. The van der Waals surface area contributed by atoms with Gasteiger partial charge in [-0.2, -0.15) is 0 Å². The smallest absolute Gasteiger partial charge is 0.257 e. The van der Waals surface area contributed by atoms with Crippen LogP contribution in [0.3, 0.4) is 0 Å². The summed E-state index contributed by atoms with van der Waals surface area (Å²) in [6.45, 7) is 6.05. The van der Waals surface area contributed by atoms with Crippen molar-refractivity contribution in [1.82, 2.24) is 0 Å². The normalized spacial score (nSPS) is 10.5. The number of aryl methyl sites for hydroxylation is 1. The van der Waals surface area contributed by atoms with Gasteiger partial charge in [0.05, 0.1) is 17.0 Å². The van der Waals surface area contributed by atoms with E-state index >= 15 is 0 Å². The summed E-state index contributed by atoms with van der Waals surface area (Å²) in [4.78, 5) is 24.6. The van der Waals surface area contributed by atoms with Gasteiger partial charge in [0, 0.05) is 5.69 Å². The van der Waals surface area contributed by atoms with Crippen molar-refractivity contribution in [3.8, 4) is 0 Å². The van der Waals surface area contributed by atoms with E-state index in [-0.39, 0.29) is 11.8 Å². The standard InChI is InChI=1S/C19H22N2O2S/c1-13(2)24-12-18(22)21-17-10-5-4-9-16(17)19(23)20-15-8-6-7-14(3)11-15/h4-11,13H,12H2,1-3H3,(H,20,23)(H,21,22). The Balaban J connectivity index is 2.10. The summed E-state index contributed by atoms with van der Waals surface area (Å²) >= 11 is 1.56. The Bertz CT molecular complexity index is 729. The van der Waals surface area contributed by atoms with Crippen molar-refractivity contribution < 1.29 is 9.59 Å². The second kappa shape index (κ2) is 8.55. The molecule has 0 fully saturated rings. The van der Waals surface area contributed by atoms with Crippen LogP contribution < -0.4 is 10.6 Å². The SMILES string of the molecule is Cc1cccc(NC(=O)c2ccccc2NC(=O)CSC(C)C)c1. The lowest BCUT2D eigenvalue weighted by atomic mass is 10.1. The zero-order valence-corrected chi connectivity index (χ0v) is 14.9. The van der Waals surface area contributed by atoms with Crippen LogP contribution in [0, 0.1) is 6.92 Å². The van der Waals surface area contributed by atoms with Crippen LogP contribution in [0.25, 0.3) is 0 Å². The molecular formula is C19H22N2O2S. The molecule has 0 aliphatic heterocycles. The summed E-state index contributed by atoms with van der Waals surface area (Å²) in [5.74, 6) is 0.0170. The van der Waals surface area contributed by atoms with Crippen LogP contribution in [0.5, 0.6) is 0 Å². The lowest BCUT2D eigenvalue weighted by Crippen LogP contribution is -2.19. The zero-order valence-electron chi connectivity index (χ0n) is 14.1. The molecule has 2 aromatic carbocycles. The number of carbonyl (C=O) groups excluding carboxylic acids is 2. The molecule has 24 heavy (non-hydrogen) atoms. The lowest BCUT2D eigenvalue weighted by molar-refractivity contribution is -0.113. The van der Waals surface area contributed by atoms with E-state index in [1.165, 1.54) is 0 Å². The van der Waals surface area contributed by atoms with Gasteiger partial charge < -0.3 is 10.6 Å². The highest BCUT2D eigenvalue weighted by molar-refractivity contribution is 8.00.